The maximum atomic E-state index is 5.63. The van der Waals surface area contributed by atoms with E-state index in [1.165, 1.54) is 4.88 Å². The molecule has 1 rings (SSSR count). The SMILES string of the molecule is CCc1nc(N)c(CC)s1. The largest absolute Gasteiger partial charge is 0.383 e. The summed E-state index contributed by atoms with van der Waals surface area (Å²) < 4.78 is 0. The molecule has 2 N–H and O–H groups in total. The summed E-state index contributed by atoms with van der Waals surface area (Å²) in [5.74, 6) is 0.726. The number of aromatic nitrogens is 1. The first-order chi connectivity index (χ1) is 4.77. The van der Waals surface area contributed by atoms with Crippen LogP contribution in [0.3, 0.4) is 0 Å². The van der Waals surface area contributed by atoms with Crippen LogP contribution in [0, 0.1) is 0 Å². The number of rotatable bonds is 2. The Labute approximate surface area is 65.1 Å². The zero-order chi connectivity index (χ0) is 7.56. The lowest BCUT2D eigenvalue weighted by molar-refractivity contribution is 1.09. The van der Waals surface area contributed by atoms with Crippen LogP contribution in [0.4, 0.5) is 5.82 Å². The summed E-state index contributed by atoms with van der Waals surface area (Å²) in [5.41, 5.74) is 5.63. The van der Waals surface area contributed by atoms with Crippen LogP contribution in [-0.2, 0) is 12.8 Å². The minimum atomic E-state index is 0.726. The van der Waals surface area contributed by atoms with Gasteiger partial charge in [0.05, 0.1) is 5.01 Å². The highest BCUT2D eigenvalue weighted by molar-refractivity contribution is 7.12. The first-order valence-electron chi connectivity index (χ1n) is 3.52. The number of anilines is 1. The van der Waals surface area contributed by atoms with E-state index in [1.807, 2.05) is 0 Å². The maximum Gasteiger partial charge on any atom is 0.137 e. The molecule has 0 aliphatic heterocycles. The van der Waals surface area contributed by atoms with Gasteiger partial charge in [0, 0.05) is 4.88 Å². The van der Waals surface area contributed by atoms with Crippen LogP contribution in [0.2, 0.25) is 0 Å². The zero-order valence-electron chi connectivity index (χ0n) is 6.35. The van der Waals surface area contributed by atoms with E-state index in [2.05, 4.69) is 18.8 Å². The Morgan fingerprint density at radius 1 is 1.40 bits per heavy atom. The lowest BCUT2D eigenvalue weighted by Crippen LogP contribution is -1.88. The molecule has 0 bridgehead atoms. The summed E-state index contributed by atoms with van der Waals surface area (Å²) in [4.78, 5) is 5.42. The quantitative estimate of drug-likeness (QED) is 0.709. The van der Waals surface area contributed by atoms with Crippen LogP contribution in [0.1, 0.15) is 23.7 Å². The second kappa shape index (κ2) is 3.01. The Morgan fingerprint density at radius 2 is 2.10 bits per heavy atom. The molecule has 0 radical (unpaired) electrons. The molecule has 0 aromatic carbocycles. The fourth-order valence-corrected chi connectivity index (χ4v) is 1.69. The van der Waals surface area contributed by atoms with Gasteiger partial charge in [0.15, 0.2) is 0 Å². The highest BCUT2D eigenvalue weighted by atomic mass is 32.1. The number of nitrogen functional groups attached to an aromatic ring is 1. The fourth-order valence-electron chi connectivity index (χ4n) is 0.819. The number of thiazole rings is 1. The molecule has 0 saturated heterocycles. The molecule has 1 aromatic heterocycles. The maximum absolute atomic E-state index is 5.63. The molecule has 0 fully saturated rings. The number of hydrogen-bond acceptors (Lipinski definition) is 3. The standard InChI is InChI=1S/C7H12N2S/c1-3-5-7(8)9-6(4-2)10-5/h3-4,8H2,1-2H3. The van der Waals surface area contributed by atoms with Crippen molar-refractivity contribution in [2.75, 3.05) is 5.73 Å². The number of aryl methyl sites for hydroxylation is 2. The van der Waals surface area contributed by atoms with Gasteiger partial charge in [-0.25, -0.2) is 4.98 Å². The van der Waals surface area contributed by atoms with Gasteiger partial charge in [0.2, 0.25) is 0 Å². The van der Waals surface area contributed by atoms with Crippen molar-refractivity contribution in [1.82, 2.24) is 4.98 Å². The molecule has 10 heavy (non-hydrogen) atoms. The molecular formula is C7H12N2S. The molecule has 2 nitrogen and oxygen atoms in total. The zero-order valence-corrected chi connectivity index (χ0v) is 7.16. The van der Waals surface area contributed by atoms with E-state index in [-0.39, 0.29) is 0 Å². The lowest BCUT2D eigenvalue weighted by Gasteiger charge is -1.85. The van der Waals surface area contributed by atoms with Crippen LogP contribution >= 0.6 is 11.3 Å². The Morgan fingerprint density at radius 3 is 2.40 bits per heavy atom. The third kappa shape index (κ3) is 1.29. The van der Waals surface area contributed by atoms with Crippen LogP contribution in [0.5, 0.6) is 0 Å². The van der Waals surface area contributed by atoms with E-state index in [0.717, 1.165) is 23.7 Å². The van der Waals surface area contributed by atoms with Crippen LogP contribution in [0.25, 0.3) is 0 Å². The van der Waals surface area contributed by atoms with Crippen LogP contribution < -0.4 is 5.73 Å². The second-order valence-electron chi connectivity index (χ2n) is 2.12. The van der Waals surface area contributed by atoms with Crippen LogP contribution in [-0.4, -0.2) is 4.98 Å². The van der Waals surface area contributed by atoms with Gasteiger partial charge in [-0.2, -0.15) is 0 Å². The van der Waals surface area contributed by atoms with Crippen LogP contribution in [0.15, 0.2) is 0 Å². The Kier molecular flexibility index (Phi) is 2.27. The van der Waals surface area contributed by atoms with Crippen molar-refractivity contribution in [1.29, 1.82) is 0 Å². The highest BCUT2D eigenvalue weighted by Gasteiger charge is 2.03. The monoisotopic (exact) mass is 156 g/mol. The average Bonchev–Trinajstić information content (AvgIpc) is 2.30. The number of nitrogens with zero attached hydrogens (tertiary/aromatic N) is 1. The van der Waals surface area contributed by atoms with E-state index < -0.39 is 0 Å². The third-order valence-corrected chi connectivity index (χ3v) is 2.76. The summed E-state index contributed by atoms with van der Waals surface area (Å²) in [7, 11) is 0. The number of nitrogens with two attached hydrogens (primary N) is 1. The Hall–Kier alpha value is -0.570. The molecule has 0 aliphatic rings. The third-order valence-electron chi connectivity index (χ3n) is 1.40. The Bertz CT molecular complexity index is 217. The molecule has 0 aliphatic carbocycles. The summed E-state index contributed by atoms with van der Waals surface area (Å²) in [6.07, 6.45) is 2.00. The van der Waals surface area contributed by atoms with E-state index in [1.54, 1.807) is 11.3 Å². The van der Waals surface area contributed by atoms with Gasteiger partial charge in [-0.3, -0.25) is 0 Å². The molecule has 3 heteroatoms. The molecule has 0 unspecified atom stereocenters. The number of hydrogen-bond donors (Lipinski definition) is 1. The smallest absolute Gasteiger partial charge is 0.137 e. The van der Waals surface area contributed by atoms with Crippen molar-refractivity contribution < 1.29 is 0 Å². The fraction of sp³-hybridized carbons (Fsp3) is 0.571. The van der Waals surface area contributed by atoms with Crippen molar-refractivity contribution in [2.45, 2.75) is 26.7 Å². The van der Waals surface area contributed by atoms with Gasteiger partial charge < -0.3 is 5.73 Å². The van der Waals surface area contributed by atoms with Crippen molar-refractivity contribution in [3.05, 3.63) is 9.88 Å². The van der Waals surface area contributed by atoms with Gasteiger partial charge in [-0.1, -0.05) is 13.8 Å². The van der Waals surface area contributed by atoms with E-state index >= 15 is 0 Å². The summed E-state index contributed by atoms with van der Waals surface area (Å²) in [5, 5.41) is 1.15. The first kappa shape index (κ1) is 7.54. The molecule has 0 saturated carbocycles. The van der Waals surface area contributed by atoms with Gasteiger partial charge in [-0.15, -0.1) is 11.3 Å². The molecule has 1 heterocycles. The minimum absolute atomic E-state index is 0.726. The summed E-state index contributed by atoms with van der Waals surface area (Å²) >= 11 is 1.72. The predicted octanol–water partition coefficient (Wildman–Crippen LogP) is 1.85. The topological polar surface area (TPSA) is 38.9 Å². The van der Waals surface area contributed by atoms with E-state index in [4.69, 9.17) is 5.73 Å². The van der Waals surface area contributed by atoms with Gasteiger partial charge >= 0.3 is 0 Å². The molecular weight excluding hydrogens is 144 g/mol. The normalized spacial score (nSPS) is 10.2. The predicted molar refractivity (Wildman–Crippen MR) is 45.3 cm³/mol. The van der Waals surface area contributed by atoms with Gasteiger partial charge in [-0.05, 0) is 12.8 Å². The van der Waals surface area contributed by atoms with Gasteiger partial charge in [0.25, 0.3) is 0 Å². The first-order valence-corrected chi connectivity index (χ1v) is 4.33. The van der Waals surface area contributed by atoms with Crippen molar-refractivity contribution in [2.24, 2.45) is 0 Å². The van der Waals surface area contributed by atoms with E-state index in [9.17, 15) is 0 Å². The molecule has 0 spiro atoms. The van der Waals surface area contributed by atoms with Crippen molar-refractivity contribution in [3.8, 4) is 0 Å². The van der Waals surface area contributed by atoms with Crippen molar-refractivity contribution in [3.63, 3.8) is 0 Å². The molecule has 1 aromatic rings. The molecule has 56 valence electrons. The molecule has 0 atom stereocenters. The lowest BCUT2D eigenvalue weighted by atomic mass is 10.4. The Balaban J connectivity index is 2.92. The summed E-state index contributed by atoms with van der Waals surface area (Å²) in [6, 6.07) is 0. The average molecular weight is 156 g/mol. The minimum Gasteiger partial charge on any atom is -0.383 e. The summed E-state index contributed by atoms with van der Waals surface area (Å²) in [6.45, 7) is 4.20. The molecule has 0 amide bonds. The highest BCUT2D eigenvalue weighted by Crippen LogP contribution is 2.20. The second-order valence-corrected chi connectivity index (χ2v) is 3.29. The van der Waals surface area contributed by atoms with E-state index in [0.29, 0.717) is 0 Å². The van der Waals surface area contributed by atoms with Crippen molar-refractivity contribution >= 4 is 17.2 Å². The van der Waals surface area contributed by atoms with Gasteiger partial charge in [0.1, 0.15) is 5.82 Å².